The standard InChI is InChI=1S/C23H25FN6O2S/c1-17-26-27-23(30(17)20-5-3-2-4-6-20)33-16-22(32)29-13-11-28(12-14-29)15-21(31)25-19-9-7-18(24)8-10-19/h2-10H,11-16H2,1H3,(H,25,31). The minimum atomic E-state index is -0.345. The topological polar surface area (TPSA) is 83.4 Å². The summed E-state index contributed by atoms with van der Waals surface area (Å²) in [6.07, 6.45) is 0. The zero-order valence-corrected chi connectivity index (χ0v) is 19.1. The molecule has 10 heteroatoms. The quantitative estimate of drug-likeness (QED) is 0.537. The fourth-order valence-electron chi connectivity index (χ4n) is 3.62. The molecule has 0 unspecified atom stereocenters. The van der Waals surface area contributed by atoms with Crippen LogP contribution in [0.4, 0.5) is 10.1 Å². The van der Waals surface area contributed by atoms with E-state index in [2.05, 4.69) is 15.5 Å². The maximum absolute atomic E-state index is 13.0. The minimum absolute atomic E-state index is 0.0377. The van der Waals surface area contributed by atoms with E-state index < -0.39 is 0 Å². The summed E-state index contributed by atoms with van der Waals surface area (Å²) in [5, 5.41) is 11.8. The number of anilines is 1. The third-order valence-electron chi connectivity index (χ3n) is 5.35. The normalized spacial score (nSPS) is 14.3. The van der Waals surface area contributed by atoms with Crippen molar-refractivity contribution in [2.24, 2.45) is 0 Å². The van der Waals surface area contributed by atoms with Crippen molar-refractivity contribution in [3.05, 3.63) is 66.2 Å². The largest absolute Gasteiger partial charge is 0.339 e. The summed E-state index contributed by atoms with van der Waals surface area (Å²) < 4.78 is 14.9. The molecule has 1 saturated heterocycles. The molecule has 2 heterocycles. The molecule has 8 nitrogen and oxygen atoms in total. The highest BCUT2D eigenvalue weighted by molar-refractivity contribution is 7.99. The van der Waals surface area contributed by atoms with Crippen molar-refractivity contribution in [3.8, 4) is 5.69 Å². The lowest BCUT2D eigenvalue weighted by Gasteiger charge is -2.34. The highest BCUT2D eigenvalue weighted by Crippen LogP contribution is 2.22. The molecule has 0 saturated carbocycles. The first-order valence-corrected chi connectivity index (χ1v) is 11.6. The van der Waals surface area contributed by atoms with Crippen LogP contribution in [0.1, 0.15) is 5.82 Å². The number of piperazine rings is 1. The zero-order valence-electron chi connectivity index (χ0n) is 18.3. The molecule has 2 amide bonds. The third-order valence-corrected chi connectivity index (χ3v) is 6.27. The summed E-state index contributed by atoms with van der Waals surface area (Å²) in [4.78, 5) is 28.8. The van der Waals surface area contributed by atoms with Gasteiger partial charge in [-0.15, -0.1) is 10.2 Å². The van der Waals surface area contributed by atoms with E-state index in [-0.39, 0.29) is 29.9 Å². The number of nitrogens with one attached hydrogen (secondary N) is 1. The van der Waals surface area contributed by atoms with Crippen LogP contribution in [0.5, 0.6) is 0 Å². The zero-order chi connectivity index (χ0) is 23.2. The van der Waals surface area contributed by atoms with Crippen molar-refractivity contribution in [2.75, 3.05) is 43.8 Å². The van der Waals surface area contributed by atoms with Crippen LogP contribution in [0.2, 0.25) is 0 Å². The fourth-order valence-corrected chi connectivity index (χ4v) is 4.52. The number of carbonyl (C=O) groups is 2. The molecular weight excluding hydrogens is 443 g/mol. The van der Waals surface area contributed by atoms with E-state index in [0.29, 0.717) is 37.0 Å². The van der Waals surface area contributed by atoms with Crippen molar-refractivity contribution >= 4 is 29.3 Å². The number of thioether (sulfide) groups is 1. The number of para-hydroxylation sites is 1. The Hall–Kier alpha value is -3.24. The molecule has 0 atom stereocenters. The van der Waals surface area contributed by atoms with Gasteiger partial charge < -0.3 is 10.2 Å². The number of aryl methyl sites for hydroxylation is 1. The van der Waals surface area contributed by atoms with E-state index in [1.54, 1.807) is 0 Å². The summed E-state index contributed by atoms with van der Waals surface area (Å²) in [7, 11) is 0. The SMILES string of the molecule is Cc1nnc(SCC(=O)N2CCN(CC(=O)Nc3ccc(F)cc3)CC2)n1-c1ccccc1. The third kappa shape index (κ3) is 5.96. The highest BCUT2D eigenvalue weighted by atomic mass is 32.2. The number of halogens is 1. The number of carbonyl (C=O) groups excluding carboxylic acids is 2. The number of aromatic nitrogens is 3. The smallest absolute Gasteiger partial charge is 0.238 e. The molecule has 33 heavy (non-hydrogen) atoms. The Labute approximate surface area is 195 Å². The molecular formula is C23H25FN6O2S. The lowest BCUT2D eigenvalue weighted by molar-refractivity contribution is -0.130. The van der Waals surface area contributed by atoms with Gasteiger partial charge >= 0.3 is 0 Å². The van der Waals surface area contributed by atoms with Crippen LogP contribution in [0.25, 0.3) is 5.69 Å². The Morgan fingerprint density at radius 1 is 1.00 bits per heavy atom. The molecule has 1 aliphatic rings. The van der Waals surface area contributed by atoms with Crippen LogP contribution >= 0.6 is 11.8 Å². The number of hydrogen-bond donors (Lipinski definition) is 1. The van der Waals surface area contributed by atoms with Gasteiger partial charge in [-0.3, -0.25) is 19.1 Å². The van der Waals surface area contributed by atoms with E-state index >= 15 is 0 Å². The Balaban J connectivity index is 1.24. The first-order valence-electron chi connectivity index (χ1n) is 10.7. The average molecular weight is 469 g/mol. The first kappa shape index (κ1) is 22.9. The summed E-state index contributed by atoms with van der Waals surface area (Å²) in [6.45, 7) is 4.48. The second kappa shape index (κ2) is 10.6. The summed E-state index contributed by atoms with van der Waals surface area (Å²) in [5.74, 6) is 0.574. The molecule has 0 radical (unpaired) electrons. The lowest BCUT2D eigenvalue weighted by Crippen LogP contribution is -2.50. The number of amides is 2. The number of benzene rings is 2. The molecule has 1 N–H and O–H groups in total. The van der Waals surface area contributed by atoms with Crippen molar-refractivity contribution in [1.29, 1.82) is 0 Å². The predicted octanol–water partition coefficient (Wildman–Crippen LogP) is 2.59. The van der Waals surface area contributed by atoms with Crippen LogP contribution in [-0.2, 0) is 9.59 Å². The van der Waals surface area contributed by atoms with Gasteiger partial charge in [-0.1, -0.05) is 30.0 Å². The molecule has 172 valence electrons. The van der Waals surface area contributed by atoms with Gasteiger partial charge in [0.25, 0.3) is 0 Å². The van der Waals surface area contributed by atoms with Crippen LogP contribution in [0.3, 0.4) is 0 Å². The molecule has 1 aliphatic heterocycles. The van der Waals surface area contributed by atoms with Gasteiger partial charge in [-0.05, 0) is 43.3 Å². The van der Waals surface area contributed by atoms with Gasteiger partial charge in [0.05, 0.1) is 12.3 Å². The Morgan fingerprint density at radius 2 is 1.70 bits per heavy atom. The van der Waals surface area contributed by atoms with Crippen LogP contribution in [0, 0.1) is 12.7 Å². The van der Waals surface area contributed by atoms with Crippen molar-refractivity contribution < 1.29 is 14.0 Å². The van der Waals surface area contributed by atoms with Gasteiger partial charge in [-0.2, -0.15) is 0 Å². The lowest BCUT2D eigenvalue weighted by atomic mass is 10.3. The number of hydrogen-bond acceptors (Lipinski definition) is 6. The molecule has 3 aromatic rings. The highest BCUT2D eigenvalue weighted by Gasteiger charge is 2.23. The second-order valence-electron chi connectivity index (χ2n) is 7.70. The van der Waals surface area contributed by atoms with E-state index in [1.165, 1.54) is 36.0 Å². The van der Waals surface area contributed by atoms with E-state index in [1.807, 2.05) is 51.6 Å². The summed E-state index contributed by atoms with van der Waals surface area (Å²) in [5.41, 5.74) is 1.52. The van der Waals surface area contributed by atoms with Crippen molar-refractivity contribution in [2.45, 2.75) is 12.1 Å². The van der Waals surface area contributed by atoms with Gasteiger partial charge in [0.15, 0.2) is 5.16 Å². The molecule has 0 bridgehead atoms. The van der Waals surface area contributed by atoms with Crippen LogP contribution in [-0.4, -0.2) is 74.9 Å². The van der Waals surface area contributed by atoms with E-state index in [4.69, 9.17) is 0 Å². The first-order chi connectivity index (χ1) is 16.0. The summed E-state index contributed by atoms with van der Waals surface area (Å²) >= 11 is 1.37. The maximum atomic E-state index is 13.0. The monoisotopic (exact) mass is 468 g/mol. The molecule has 2 aromatic carbocycles. The van der Waals surface area contributed by atoms with Crippen LogP contribution in [0.15, 0.2) is 59.8 Å². The molecule has 1 fully saturated rings. The molecule has 0 spiro atoms. The predicted molar refractivity (Wildman–Crippen MR) is 125 cm³/mol. The Kier molecular flexibility index (Phi) is 7.36. The van der Waals surface area contributed by atoms with Gasteiger partial charge in [-0.25, -0.2) is 4.39 Å². The Morgan fingerprint density at radius 3 is 2.39 bits per heavy atom. The summed E-state index contributed by atoms with van der Waals surface area (Å²) in [6, 6.07) is 15.5. The fraction of sp³-hybridized carbons (Fsp3) is 0.304. The molecule has 4 rings (SSSR count). The molecule has 0 aliphatic carbocycles. The minimum Gasteiger partial charge on any atom is -0.339 e. The van der Waals surface area contributed by atoms with Gasteiger partial charge in [0.2, 0.25) is 11.8 Å². The van der Waals surface area contributed by atoms with Gasteiger partial charge in [0, 0.05) is 37.6 Å². The average Bonchev–Trinajstić information content (AvgIpc) is 3.20. The van der Waals surface area contributed by atoms with E-state index in [0.717, 1.165) is 11.5 Å². The maximum Gasteiger partial charge on any atom is 0.238 e. The molecule has 1 aromatic heterocycles. The number of rotatable bonds is 7. The second-order valence-corrected chi connectivity index (χ2v) is 8.64. The van der Waals surface area contributed by atoms with Gasteiger partial charge in [0.1, 0.15) is 11.6 Å². The van der Waals surface area contributed by atoms with Crippen molar-refractivity contribution in [1.82, 2.24) is 24.6 Å². The number of nitrogens with zero attached hydrogens (tertiary/aromatic N) is 5. The van der Waals surface area contributed by atoms with E-state index in [9.17, 15) is 14.0 Å². The Bertz CT molecular complexity index is 1100. The van der Waals surface area contributed by atoms with Crippen LogP contribution < -0.4 is 5.32 Å². The van der Waals surface area contributed by atoms with Crippen molar-refractivity contribution in [3.63, 3.8) is 0 Å².